The molecule has 6 nitrogen and oxygen atoms in total. The van der Waals surface area contributed by atoms with Crippen molar-refractivity contribution in [1.29, 1.82) is 0 Å². The molecule has 0 saturated carbocycles. The van der Waals surface area contributed by atoms with Crippen LogP contribution in [0.2, 0.25) is 0 Å². The van der Waals surface area contributed by atoms with Crippen molar-refractivity contribution in [3.05, 3.63) is 56.9 Å². The van der Waals surface area contributed by atoms with Crippen molar-refractivity contribution in [3.63, 3.8) is 0 Å². The van der Waals surface area contributed by atoms with E-state index in [1.54, 1.807) is 18.0 Å². The Hall–Kier alpha value is -2.34. The van der Waals surface area contributed by atoms with E-state index in [1.807, 2.05) is 22.6 Å². The summed E-state index contributed by atoms with van der Waals surface area (Å²) in [6.45, 7) is 0.661. The first-order valence-corrected chi connectivity index (χ1v) is 9.73. The monoisotopic (exact) mass is 518 g/mol. The Balaban J connectivity index is 1.82. The minimum absolute atomic E-state index is 0.0523. The highest BCUT2D eigenvalue weighted by Crippen LogP contribution is 2.30. The van der Waals surface area contributed by atoms with Crippen molar-refractivity contribution in [1.82, 2.24) is 9.80 Å². The highest BCUT2D eigenvalue weighted by atomic mass is 127. The van der Waals surface area contributed by atoms with Crippen molar-refractivity contribution in [2.75, 3.05) is 32.0 Å². The quantitative estimate of drug-likeness (QED) is 0.577. The number of likely N-dealkylation sites (tertiary alicyclic amines) is 1. The number of benzene rings is 2. The van der Waals surface area contributed by atoms with E-state index in [0.29, 0.717) is 16.7 Å². The van der Waals surface area contributed by atoms with Gasteiger partial charge in [-0.15, -0.1) is 0 Å². The number of rotatable bonds is 6. The Kier molecular flexibility index (Phi) is 6.32. The third-order valence-corrected chi connectivity index (χ3v) is 5.37. The summed E-state index contributed by atoms with van der Waals surface area (Å²) in [5.41, 5.74) is 4.55. The van der Waals surface area contributed by atoms with Gasteiger partial charge in [0.15, 0.2) is 11.6 Å². The summed E-state index contributed by atoms with van der Waals surface area (Å²) in [6.07, 6.45) is 0. The molecule has 10 heteroatoms. The minimum Gasteiger partial charge on any atom is -0.369 e. The molecule has 2 amide bonds. The molecule has 1 saturated heterocycles. The van der Waals surface area contributed by atoms with E-state index >= 15 is 0 Å². The topological polar surface area (TPSA) is 78.7 Å². The van der Waals surface area contributed by atoms with Crippen molar-refractivity contribution in [3.8, 4) is 0 Å². The van der Waals surface area contributed by atoms with Crippen LogP contribution < -0.4 is 11.1 Å². The molecule has 1 heterocycles. The summed E-state index contributed by atoms with van der Waals surface area (Å²) in [7, 11) is 1.71. The molecule has 29 heavy (non-hydrogen) atoms. The Bertz CT molecular complexity index is 967. The average molecular weight is 518 g/mol. The Morgan fingerprint density at radius 3 is 2.52 bits per heavy atom. The first-order valence-electron chi connectivity index (χ1n) is 8.65. The minimum atomic E-state index is -1.27. The van der Waals surface area contributed by atoms with Crippen LogP contribution in [0.25, 0.3) is 0 Å². The largest absolute Gasteiger partial charge is 0.369 e. The second-order valence-electron chi connectivity index (χ2n) is 6.78. The van der Waals surface area contributed by atoms with Crippen molar-refractivity contribution in [2.45, 2.75) is 6.04 Å². The molecule has 0 aromatic heterocycles. The fourth-order valence-electron chi connectivity index (χ4n) is 3.02. The summed E-state index contributed by atoms with van der Waals surface area (Å²) < 4.78 is 43.0. The molecule has 1 fully saturated rings. The van der Waals surface area contributed by atoms with E-state index in [0.717, 1.165) is 12.1 Å². The number of anilines is 2. The Labute approximate surface area is 179 Å². The Morgan fingerprint density at radius 2 is 1.90 bits per heavy atom. The highest BCUT2D eigenvalue weighted by Gasteiger charge is 2.35. The average Bonchev–Trinajstić information content (AvgIpc) is 2.59. The number of nitrogens with one attached hydrogen (secondary N) is 1. The summed E-state index contributed by atoms with van der Waals surface area (Å²) in [4.78, 5) is 27.0. The highest BCUT2D eigenvalue weighted by molar-refractivity contribution is 14.1. The third-order valence-electron chi connectivity index (χ3n) is 4.69. The van der Waals surface area contributed by atoms with E-state index in [1.165, 1.54) is 17.0 Å². The van der Waals surface area contributed by atoms with Crippen molar-refractivity contribution >= 4 is 45.8 Å². The van der Waals surface area contributed by atoms with Crippen LogP contribution >= 0.6 is 22.6 Å². The van der Waals surface area contributed by atoms with Crippen LogP contribution in [0.1, 0.15) is 10.4 Å². The number of nitrogens with two attached hydrogens (primary N) is 1. The van der Waals surface area contributed by atoms with Gasteiger partial charge < -0.3 is 16.0 Å². The molecule has 0 aliphatic carbocycles. The number of primary amides is 1. The van der Waals surface area contributed by atoms with Gasteiger partial charge in [-0.3, -0.25) is 14.5 Å². The molecule has 2 aromatic rings. The van der Waals surface area contributed by atoms with Gasteiger partial charge in [0.05, 0.1) is 23.5 Å². The zero-order valence-electron chi connectivity index (χ0n) is 15.4. The Morgan fingerprint density at radius 1 is 1.21 bits per heavy atom. The van der Waals surface area contributed by atoms with Gasteiger partial charge in [-0.1, -0.05) is 0 Å². The standard InChI is InChI=1S/C19H18F3IN4O2/c1-26(9-16(24)28)11-7-27(8-11)19(29)12-3-4-13(20)17(22)18(12)25-15-5-2-10(23)6-14(15)21/h2-6,11,25H,7-9H2,1H3,(H2,24,28). The summed E-state index contributed by atoms with van der Waals surface area (Å²) in [5.74, 6) is -4.09. The van der Waals surface area contributed by atoms with Gasteiger partial charge in [-0.05, 0) is 60.0 Å². The molecule has 0 radical (unpaired) electrons. The maximum atomic E-state index is 14.5. The lowest BCUT2D eigenvalue weighted by Gasteiger charge is -2.43. The van der Waals surface area contributed by atoms with Gasteiger partial charge in [0.25, 0.3) is 5.91 Å². The van der Waals surface area contributed by atoms with Gasteiger partial charge in [0, 0.05) is 22.7 Å². The third kappa shape index (κ3) is 4.64. The lowest BCUT2D eigenvalue weighted by Crippen LogP contribution is -2.61. The predicted molar refractivity (Wildman–Crippen MR) is 110 cm³/mol. The maximum Gasteiger partial charge on any atom is 0.256 e. The zero-order valence-corrected chi connectivity index (χ0v) is 17.5. The van der Waals surface area contributed by atoms with E-state index in [9.17, 15) is 22.8 Å². The summed E-state index contributed by atoms with van der Waals surface area (Å²) in [6, 6.07) is 6.16. The first kappa shape index (κ1) is 21.4. The van der Waals surface area contributed by atoms with Gasteiger partial charge in [0.1, 0.15) is 5.82 Å². The fraction of sp³-hybridized carbons (Fsp3) is 0.263. The molecule has 0 bridgehead atoms. The lowest BCUT2D eigenvalue weighted by atomic mass is 10.0. The molecule has 0 unspecified atom stereocenters. The van der Waals surface area contributed by atoms with E-state index in [-0.39, 0.29) is 23.8 Å². The van der Waals surface area contributed by atoms with Gasteiger partial charge in [-0.2, -0.15) is 0 Å². The smallest absolute Gasteiger partial charge is 0.256 e. The normalized spacial score (nSPS) is 14.1. The SMILES string of the molecule is CN(CC(N)=O)C1CN(C(=O)c2ccc(F)c(F)c2Nc2ccc(I)cc2F)C1. The second kappa shape index (κ2) is 8.57. The number of halogens is 4. The lowest BCUT2D eigenvalue weighted by molar-refractivity contribution is -0.119. The molecule has 0 atom stereocenters. The number of carbonyl (C=O) groups excluding carboxylic acids is 2. The number of nitrogens with zero attached hydrogens (tertiary/aromatic N) is 2. The fourth-order valence-corrected chi connectivity index (χ4v) is 3.47. The van der Waals surface area contributed by atoms with E-state index in [2.05, 4.69) is 5.32 Å². The maximum absolute atomic E-state index is 14.5. The number of hydrogen-bond acceptors (Lipinski definition) is 4. The molecule has 3 rings (SSSR count). The molecule has 2 aromatic carbocycles. The van der Waals surface area contributed by atoms with Crippen LogP contribution in [0, 0.1) is 21.0 Å². The summed E-state index contributed by atoms with van der Waals surface area (Å²) >= 11 is 1.92. The van der Waals surface area contributed by atoms with Crippen LogP contribution in [0.5, 0.6) is 0 Å². The molecule has 1 aliphatic rings. The van der Waals surface area contributed by atoms with Crippen LogP contribution in [0.3, 0.4) is 0 Å². The number of amides is 2. The van der Waals surface area contributed by atoms with Crippen molar-refractivity contribution < 1.29 is 22.8 Å². The van der Waals surface area contributed by atoms with Crippen LogP contribution in [0.4, 0.5) is 24.5 Å². The number of hydrogen-bond donors (Lipinski definition) is 2. The van der Waals surface area contributed by atoms with Gasteiger partial charge >= 0.3 is 0 Å². The van der Waals surface area contributed by atoms with Crippen LogP contribution in [-0.2, 0) is 4.79 Å². The van der Waals surface area contributed by atoms with E-state index in [4.69, 9.17) is 5.73 Å². The molecule has 3 N–H and O–H groups in total. The van der Waals surface area contributed by atoms with Gasteiger partial charge in [0.2, 0.25) is 5.91 Å². The summed E-state index contributed by atoms with van der Waals surface area (Å²) in [5, 5.41) is 2.51. The zero-order chi connectivity index (χ0) is 21.3. The second-order valence-corrected chi connectivity index (χ2v) is 8.02. The van der Waals surface area contributed by atoms with Crippen molar-refractivity contribution in [2.24, 2.45) is 5.73 Å². The molecule has 1 aliphatic heterocycles. The number of carbonyl (C=O) groups is 2. The molecule has 0 spiro atoms. The number of likely N-dealkylation sites (N-methyl/N-ethyl adjacent to an activating group) is 1. The molecular formula is C19H18F3IN4O2. The predicted octanol–water partition coefficient (Wildman–Crippen LogP) is 2.69. The van der Waals surface area contributed by atoms with Crippen LogP contribution in [-0.4, -0.2) is 54.3 Å². The molecule has 154 valence electrons. The van der Waals surface area contributed by atoms with E-state index < -0.39 is 35.0 Å². The molecular weight excluding hydrogens is 500 g/mol. The van der Waals surface area contributed by atoms with Crippen LogP contribution in [0.15, 0.2) is 30.3 Å². The first-order chi connectivity index (χ1) is 13.7. The van der Waals surface area contributed by atoms with Gasteiger partial charge in [-0.25, -0.2) is 13.2 Å².